The summed E-state index contributed by atoms with van der Waals surface area (Å²) in [6.07, 6.45) is 4.32. The van der Waals surface area contributed by atoms with Crippen molar-refractivity contribution in [2.45, 2.75) is 6.42 Å². The number of nitrogens with zero attached hydrogens (tertiary/aromatic N) is 3. The van der Waals surface area contributed by atoms with E-state index in [0.717, 1.165) is 25.2 Å². The molecule has 3 rings (SSSR count). The Kier molecular flexibility index (Phi) is 6.19. The van der Waals surface area contributed by atoms with E-state index in [4.69, 9.17) is 0 Å². The van der Waals surface area contributed by atoms with Crippen LogP contribution in [0.3, 0.4) is 0 Å². The molecular formula is C18H23FN6O. The Balaban J connectivity index is 1.30. The summed E-state index contributed by atoms with van der Waals surface area (Å²) < 4.78 is 13.0. The third kappa shape index (κ3) is 5.30. The smallest absolute Gasteiger partial charge is 0.314 e. The van der Waals surface area contributed by atoms with Gasteiger partial charge in [-0.2, -0.15) is 0 Å². The van der Waals surface area contributed by atoms with Gasteiger partial charge in [0.1, 0.15) is 5.82 Å². The second-order valence-electron chi connectivity index (χ2n) is 6.21. The van der Waals surface area contributed by atoms with Crippen LogP contribution in [0.4, 0.5) is 20.8 Å². The SMILES string of the molecule is O=C(NCCNc1ncccn1)NC[C@H]1CCN(c2ccc(F)cc2)C1. The lowest BCUT2D eigenvalue weighted by atomic mass is 10.1. The Morgan fingerprint density at radius 1 is 1.15 bits per heavy atom. The highest BCUT2D eigenvalue weighted by atomic mass is 19.1. The minimum Gasteiger partial charge on any atom is -0.371 e. The van der Waals surface area contributed by atoms with E-state index in [2.05, 4.69) is 30.8 Å². The van der Waals surface area contributed by atoms with Crippen LogP contribution in [0.15, 0.2) is 42.7 Å². The molecule has 0 saturated carbocycles. The molecule has 2 heterocycles. The van der Waals surface area contributed by atoms with Crippen molar-refractivity contribution in [2.24, 2.45) is 5.92 Å². The number of amides is 2. The van der Waals surface area contributed by atoms with Gasteiger partial charge in [0, 0.05) is 50.8 Å². The molecule has 2 amide bonds. The number of anilines is 2. The largest absolute Gasteiger partial charge is 0.371 e. The van der Waals surface area contributed by atoms with Crippen LogP contribution in [0, 0.1) is 11.7 Å². The summed E-state index contributed by atoms with van der Waals surface area (Å²) in [5.74, 6) is 0.708. The predicted molar refractivity (Wildman–Crippen MR) is 98.6 cm³/mol. The molecule has 0 radical (unpaired) electrons. The number of benzene rings is 1. The number of nitrogens with one attached hydrogen (secondary N) is 3. The average molecular weight is 358 g/mol. The average Bonchev–Trinajstić information content (AvgIpc) is 3.14. The van der Waals surface area contributed by atoms with E-state index in [1.807, 2.05) is 0 Å². The van der Waals surface area contributed by atoms with Crippen molar-refractivity contribution >= 4 is 17.7 Å². The maximum Gasteiger partial charge on any atom is 0.314 e. The van der Waals surface area contributed by atoms with Crippen LogP contribution in [0.5, 0.6) is 0 Å². The summed E-state index contributed by atoms with van der Waals surface area (Å²) in [7, 11) is 0. The lowest BCUT2D eigenvalue weighted by Gasteiger charge is -2.19. The number of halogens is 1. The Bertz CT molecular complexity index is 697. The van der Waals surface area contributed by atoms with E-state index in [1.54, 1.807) is 30.6 Å². The molecule has 0 spiro atoms. The highest BCUT2D eigenvalue weighted by Crippen LogP contribution is 2.23. The monoisotopic (exact) mass is 358 g/mol. The molecule has 1 aromatic heterocycles. The number of aromatic nitrogens is 2. The minimum atomic E-state index is -0.226. The van der Waals surface area contributed by atoms with Crippen molar-refractivity contribution in [2.75, 3.05) is 42.9 Å². The Labute approximate surface area is 152 Å². The highest BCUT2D eigenvalue weighted by molar-refractivity contribution is 5.73. The summed E-state index contributed by atoms with van der Waals surface area (Å²) in [4.78, 5) is 22.2. The molecule has 0 aliphatic carbocycles. The maximum atomic E-state index is 13.0. The lowest BCUT2D eigenvalue weighted by Crippen LogP contribution is -2.40. The molecule has 138 valence electrons. The molecule has 1 atom stereocenters. The van der Waals surface area contributed by atoms with Gasteiger partial charge in [0.2, 0.25) is 5.95 Å². The molecule has 2 aromatic rings. The van der Waals surface area contributed by atoms with Crippen LogP contribution in [-0.4, -0.2) is 48.7 Å². The van der Waals surface area contributed by atoms with Crippen molar-refractivity contribution in [3.05, 3.63) is 48.5 Å². The van der Waals surface area contributed by atoms with Gasteiger partial charge < -0.3 is 20.9 Å². The number of carbonyl (C=O) groups excluding carboxylic acids is 1. The molecule has 3 N–H and O–H groups in total. The first kappa shape index (κ1) is 17.9. The second kappa shape index (κ2) is 8.98. The van der Waals surface area contributed by atoms with Gasteiger partial charge >= 0.3 is 6.03 Å². The van der Waals surface area contributed by atoms with Gasteiger partial charge in [-0.15, -0.1) is 0 Å². The molecule has 1 fully saturated rings. The van der Waals surface area contributed by atoms with Crippen molar-refractivity contribution in [1.82, 2.24) is 20.6 Å². The van der Waals surface area contributed by atoms with Gasteiger partial charge in [0.25, 0.3) is 0 Å². The van der Waals surface area contributed by atoms with E-state index in [0.29, 0.717) is 31.5 Å². The summed E-state index contributed by atoms with van der Waals surface area (Å²) in [5.41, 5.74) is 1.02. The van der Waals surface area contributed by atoms with E-state index >= 15 is 0 Å². The van der Waals surface area contributed by atoms with Crippen molar-refractivity contribution < 1.29 is 9.18 Å². The summed E-state index contributed by atoms with van der Waals surface area (Å²) in [6.45, 7) is 3.44. The van der Waals surface area contributed by atoms with Crippen LogP contribution in [0.2, 0.25) is 0 Å². The van der Waals surface area contributed by atoms with Crippen LogP contribution in [0.25, 0.3) is 0 Å². The van der Waals surface area contributed by atoms with Crippen molar-refractivity contribution in [3.63, 3.8) is 0 Å². The normalized spacial score (nSPS) is 16.3. The Morgan fingerprint density at radius 2 is 1.92 bits per heavy atom. The van der Waals surface area contributed by atoms with Crippen molar-refractivity contribution in [1.29, 1.82) is 0 Å². The first-order valence-electron chi connectivity index (χ1n) is 8.74. The zero-order valence-corrected chi connectivity index (χ0v) is 14.5. The molecule has 0 unspecified atom stereocenters. The van der Waals surface area contributed by atoms with E-state index in [1.165, 1.54) is 12.1 Å². The number of urea groups is 1. The zero-order valence-electron chi connectivity index (χ0n) is 14.5. The summed E-state index contributed by atoms with van der Waals surface area (Å²) >= 11 is 0. The number of hydrogen-bond donors (Lipinski definition) is 3. The van der Waals surface area contributed by atoms with Gasteiger partial charge in [-0.3, -0.25) is 0 Å². The molecule has 1 aromatic carbocycles. The molecule has 8 heteroatoms. The fraction of sp³-hybridized carbons (Fsp3) is 0.389. The molecule has 1 aliphatic heterocycles. The quantitative estimate of drug-likeness (QED) is 0.658. The maximum absolute atomic E-state index is 13.0. The van der Waals surface area contributed by atoms with Gasteiger partial charge in [-0.1, -0.05) is 0 Å². The standard InChI is InChI=1S/C18H23FN6O/c19-15-2-4-16(5-3-15)25-11-6-14(13-25)12-24-18(26)23-10-9-22-17-20-7-1-8-21-17/h1-5,7-8,14H,6,9-13H2,(H,20,21,22)(H2,23,24,26)/t14-/m1/s1. The topological polar surface area (TPSA) is 82.2 Å². The lowest BCUT2D eigenvalue weighted by molar-refractivity contribution is 0.239. The third-order valence-corrected chi connectivity index (χ3v) is 4.29. The molecule has 1 saturated heterocycles. The first-order chi connectivity index (χ1) is 12.7. The second-order valence-corrected chi connectivity index (χ2v) is 6.21. The highest BCUT2D eigenvalue weighted by Gasteiger charge is 2.23. The molecule has 7 nitrogen and oxygen atoms in total. The van der Waals surface area contributed by atoms with E-state index in [-0.39, 0.29) is 11.8 Å². The van der Waals surface area contributed by atoms with Crippen LogP contribution in [-0.2, 0) is 0 Å². The molecular weight excluding hydrogens is 335 g/mol. The van der Waals surface area contributed by atoms with E-state index in [9.17, 15) is 9.18 Å². The fourth-order valence-electron chi connectivity index (χ4n) is 2.93. The predicted octanol–water partition coefficient (Wildman–Crippen LogP) is 1.85. The fourth-order valence-corrected chi connectivity index (χ4v) is 2.93. The van der Waals surface area contributed by atoms with E-state index < -0.39 is 0 Å². The first-order valence-corrected chi connectivity index (χ1v) is 8.74. The number of hydrogen-bond acceptors (Lipinski definition) is 5. The van der Waals surface area contributed by atoms with Gasteiger partial charge in [-0.05, 0) is 42.7 Å². The zero-order chi connectivity index (χ0) is 18.2. The summed E-state index contributed by atoms with van der Waals surface area (Å²) in [6, 6.07) is 8.10. The minimum absolute atomic E-state index is 0.180. The molecule has 26 heavy (non-hydrogen) atoms. The summed E-state index contributed by atoms with van der Waals surface area (Å²) in [5, 5.41) is 8.74. The van der Waals surface area contributed by atoms with Crippen LogP contribution >= 0.6 is 0 Å². The number of carbonyl (C=O) groups is 1. The van der Waals surface area contributed by atoms with Gasteiger partial charge in [0.05, 0.1) is 0 Å². The van der Waals surface area contributed by atoms with Crippen LogP contribution < -0.4 is 20.9 Å². The number of rotatable bonds is 7. The van der Waals surface area contributed by atoms with Gasteiger partial charge in [0.15, 0.2) is 0 Å². The van der Waals surface area contributed by atoms with Crippen molar-refractivity contribution in [3.8, 4) is 0 Å². The van der Waals surface area contributed by atoms with Gasteiger partial charge in [-0.25, -0.2) is 19.2 Å². The molecule has 0 bridgehead atoms. The molecule has 1 aliphatic rings. The van der Waals surface area contributed by atoms with Crippen LogP contribution in [0.1, 0.15) is 6.42 Å². The Morgan fingerprint density at radius 3 is 2.69 bits per heavy atom. The third-order valence-electron chi connectivity index (χ3n) is 4.29. The Hall–Kier alpha value is -2.90.